The minimum atomic E-state index is -1.37. The van der Waals surface area contributed by atoms with Gasteiger partial charge in [0.25, 0.3) is 0 Å². The number of pyridine rings is 1. The Morgan fingerprint density at radius 3 is 2.53 bits per heavy atom. The molecule has 0 aliphatic heterocycles. The fourth-order valence-corrected chi connectivity index (χ4v) is 9.75. The third kappa shape index (κ3) is 5.60. The molecule has 0 unspecified atom stereocenters. The smallest absolute Gasteiger partial charge is 0.306 e. The van der Waals surface area contributed by atoms with Gasteiger partial charge in [0, 0.05) is 29.3 Å². The number of phenols is 1. The zero-order valence-electron chi connectivity index (χ0n) is 26.4. The number of ether oxygens (including phenoxy) is 1. The van der Waals surface area contributed by atoms with E-state index in [0.717, 1.165) is 37.0 Å². The van der Waals surface area contributed by atoms with E-state index in [1.165, 1.54) is 6.07 Å². The van der Waals surface area contributed by atoms with Crippen LogP contribution in [-0.2, 0) is 19.1 Å². The second kappa shape index (κ2) is 12.6. The maximum Gasteiger partial charge on any atom is 0.306 e. The summed E-state index contributed by atoms with van der Waals surface area (Å²) >= 11 is 11.7. The Kier molecular flexibility index (Phi) is 9.46. The average Bonchev–Trinajstić information content (AvgIpc) is 3.28. The predicted molar refractivity (Wildman–Crippen MR) is 172 cm³/mol. The van der Waals surface area contributed by atoms with Gasteiger partial charge < -0.3 is 20.1 Å². The van der Waals surface area contributed by atoms with E-state index in [-0.39, 0.29) is 46.1 Å². The molecule has 0 spiro atoms. The number of aryl methyl sites for hydroxylation is 1. The molecule has 6 rings (SSSR count). The number of Topliss-reactive ketones (excluding diaryl/α,β-unsaturated/α-hetero) is 1. The third-order valence-electron chi connectivity index (χ3n) is 11.3. The van der Waals surface area contributed by atoms with Crippen molar-refractivity contribution in [3.63, 3.8) is 0 Å². The van der Waals surface area contributed by atoms with Crippen LogP contribution >= 0.6 is 23.2 Å². The van der Waals surface area contributed by atoms with Crippen LogP contribution in [0.25, 0.3) is 10.9 Å². The monoisotopic (exact) mass is 659 g/mol. The highest BCUT2D eigenvalue weighted by atomic mass is 35.5. The Balaban J connectivity index is 0.000000238. The molecular weight excluding hydrogens is 617 g/mol. The van der Waals surface area contributed by atoms with Crippen molar-refractivity contribution >= 4 is 51.6 Å². The average molecular weight is 661 g/mol. The number of hydrogen-bond donors (Lipinski definition) is 3. The van der Waals surface area contributed by atoms with Crippen LogP contribution in [0.5, 0.6) is 5.75 Å². The van der Waals surface area contributed by atoms with Gasteiger partial charge in [0.05, 0.1) is 16.1 Å². The maximum absolute atomic E-state index is 13.1. The molecule has 2 aromatic rings. The Morgan fingerprint density at radius 2 is 1.84 bits per heavy atom. The first-order chi connectivity index (χ1) is 21.2. The van der Waals surface area contributed by atoms with E-state index < -0.39 is 35.5 Å². The number of phenolic OH excluding ortho intramolecular Hbond substituents is 1. The molecule has 0 saturated heterocycles. The summed E-state index contributed by atoms with van der Waals surface area (Å²) in [5, 5.41) is 32.3. The van der Waals surface area contributed by atoms with E-state index in [2.05, 4.69) is 11.9 Å². The number of carbonyl (C=O) groups is 3. The van der Waals surface area contributed by atoms with E-state index >= 15 is 0 Å². The molecule has 244 valence electrons. The summed E-state index contributed by atoms with van der Waals surface area (Å²) in [5.41, 5.74) is 0.137. The number of esters is 1. The number of allylic oxidation sites excluding steroid dienone is 1. The Morgan fingerprint density at radius 1 is 1.11 bits per heavy atom. The molecule has 10 heteroatoms. The molecule has 4 aliphatic carbocycles. The van der Waals surface area contributed by atoms with Crippen LogP contribution in [0.1, 0.15) is 84.3 Å². The number of rotatable bonds is 5. The number of hydrogen-bond acceptors (Lipinski definition) is 8. The normalized spacial score (nSPS) is 33.7. The number of aliphatic hydroxyl groups is 2. The van der Waals surface area contributed by atoms with E-state index in [4.69, 9.17) is 27.9 Å². The lowest BCUT2D eigenvalue weighted by atomic mass is 9.45. The molecule has 1 heterocycles. The highest BCUT2D eigenvalue weighted by Gasteiger charge is 2.70. The van der Waals surface area contributed by atoms with Gasteiger partial charge in [-0.25, -0.2) is 4.98 Å². The lowest BCUT2D eigenvalue weighted by molar-refractivity contribution is -0.202. The van der Waals surface area contributed by atoms with Crippen LogP contribution in [0.4, 0.5) is 0 Å². The van der Waals surface area contributed by atoms with Crippen molar-refractivity contribution in [2.45, 2.75) is 97.2 Å². The number of halogens is 2. The standard InChI is InChI=1S/C25H36O6.C10H7Cl2NO/c1-4-5-21(30)31-25(20(29)14-26)11-9-18-17-7-6-15-12-16(27)8-10-23(15,2)22(17)19(28)13-24(18,25)3;1-5-2-3-6-7(11)4-8(12)10(14)9(6)13-5/h12,17-19,22,26,28H,4-11,13-14H2,1-3H3;2-4,14H,1H3/t17-,18-,19-,22+,23-,24-,25-;/m0./s1. The summed E-state index contributed by atoms with van der Waals surface area (Å²) in [6, 6.07) is 5.16. The number of ketones is 2. The molecule has 8 nitrogen and oxygen atoms in total. The molecule has 4 aliphatic rings. The second-order valence-corrected chi connectivity index (χ2v) is 14.6. The number of benzene rings is 1. The minimum absolute atomic E-state index is 0.0187. The van der Waals surface area contributed by atoms with Gasteiger partial charge in [0.15, 0.2) is 17.1 Å². The molecule has 1 aromatic carbocycles. The molecule has 0 amide bonds. The number of aromatic hydroxyl groups is 1. The molecule has 0 bridgehead atoms. The number of aliphatic hydroxyl groups excluding tert-OH is 2. The second-order valence-electron chi connectivity index (χ2n) is 13.8. The van der Waals surface area contributed by atoms with Gasteiger partial charge in [-0.1, -0.05) is 49.5 Å². The summed E-state index contributed by atoms with van der Waals surface area (Å²) in [6.45, 7) is 7.23. The molecule has 3 saturated carbocycles. The molecule has 3 N–H and O–H groups in total. The van der Waals surface area contributed by atoms with Crippen molar-refractivity contribution in [3.05, 3.63) is 45.6 Å². The van der Waals surface area contributed by atoms with Gasteiger partial charge in [-0.3, -0.25) is 14.4 Å². The van der Waals surface area contributed by atoms with Crippen LogP contribution in [0.3, 0.4) is 0 Å². The van der Waals surface area contributed by atoms with E-state index in [1.807, 2.05) is 32.9 Å². The number of fused-ring (bicyclic) bond motifs is 6. The quantitative estimate of drug-likeness (QED) is 0.302. The van der Waals surface area contributed by atoms with Gasteiger partial charge in [0.1, 0.15) is 12.1 Å². The summed E-state index contributed by atoms with van der Waals surface area (Å²) in [6.07, 6.45) is 6.48. The first kappa shape index (κ1) is 33.8. The molecule has 0 radical (unpaired) electrons. The van der Waals surface area contributed by atoms with Gasteiger partial charge in [-0.2, -0.15) is 0 Å². The van der Waals surface area contributed by atoms with Crippen molar-refractivity contribution in [2.24, 2.45) is 28.6 Å². The van der Waals surface area contributed by atoms with Crippen LogP contribution in [0.15, 0.2) is 29.8 Å². The topological polar surface area (TPSA) is 134 Å². The Bertz CT molecular complexity index is 1560. The Labute approximate surface area is 274 Å². The Hall–Kier alpha value is -2.52. The lowest BCUT2D eigenvalue weighted by Crippen LogP contribution is -2.63. The molecular formula is C35H43Cl2NO7. The van der Waals surface area contributed by atoms with Crippen LogP contribution in [0.2, 0.25) is 10.0 Å². The summed E-state index contributed by atoms with van der Waals surface area (Å²) in [7, 11) is 0. The van der Waals surface area contributed by atoms with Crippen molar-refractivity contribution in [2.75, 3.05) is 6.61 Å². The van der Waals surface area contributed by atoms with Gasteiger partial charge in [-0.15, -0.1) is 0 Å². The summed E-state index contributed by atoms with van der Waals surface area (Å²) < 4.78 is 5.92. The van der Waals surface area contributed by atoms with Crippen molar-refractivity contribution in [1.82, 2.24) is 4.98 Å². The number of aromatic nitrogens is 1. The summed E-state index contributed by atoms with van der Waals surface area (Å²) in [5.74, 6) is -0.339. The number of carbonyl (C=O) groups excluding carboxylic acids is 3. The van der Waals surface area contributed by atoms with E-state index in [1.54, 1.807) is 6.08 Å². The largest absolute Gasteiger partial charge is 0.504 e. The van der Waals surface area contributed by atoms with Crippen LogP contribution < -0.4 is 0 Å². The fourth-order valence-electron chi connectivity index (χ4n) is 9.24. The zero-order chi connectivity index (χ0) is 32.9. The van der Waals surface area contributed by atoms with E-state index in [9.17, 15) is 29.7 Å². The van der Waals surface area contributed by atoms with Gasteiger partial charge >= 0.3 is 5.97 Å². The fraction of sp³-hybridized carbons (Fsp3) is 0.600. The molecule has 7 atom stereocenters. The first-order valence-electron chi connectivity index (χ1n) is 15.9. The molecule has 45 heavy (non-hydrogen) atoms. The van der Waals surface area contributed by atoms with Crippen molar-refractivity contribution < 1.29 is 34.4 Å². The lowest BCUT2D eigenvalue weighted by Gasteiger charge is -2.60. The van der Waals surface area contributed by atoms with Crippen molar-refractivity contribution in [3.8, 4) is 5.75 Å². The zero-order valence-corrected chi connectivity index (χ0v) is 27.9. The minimum Gasteiger partial charge on any atom is -0.504 e. The third-order valence-corrected chi connectivity index (χ3v) is 11.9. The van der Waals surface area contributed by atoms with Gasteiger partial charge in [0.2, 0.25) is 5.78 Å². The van der Waals surface area contributed by atoms with Crippen LogP contribution in [0, 0.1) is 35.5 Å². The van der Waals surface area contributed by atoms with Gasteiger partial charge in [-0.05, 0) is 99.3 Å². The highest BCUT2D eigenvalue weighted by molar-refractivity contribution is 6.39. The summed E-state index contributed by atoms with van der Waals surface area (Å²) in [4.78, 5) is 41.8. The number of nitrogens with zero attached hydrogens (tertiary/aromatic N) is 1. The highest BCUT2D eigenvalue weighted by Crippen LogP contribution is 2.68. The van der Waals surface area contributed by atoms with Crippen molar-refractivity contribution in [1.29, 1.82) is 0 Å². The SMILES string of the molecule is CCCC(=O)O[C@]1(C(=O)CO)CC[C@H]2[C@@H]3CCC4=CC(=O)CC[C@]4(C)[C@H]3[C@@H](O)C[C@@]21C.Cc1ccc2c(Cl)cc(Cl)c(O)c2n1. The molecule has 1 aromatic heterocycles. The molecule has 3 fully saturated rings. The van der Waals surface area contributed by atoms with Crippen LogP contribution in [-0.4, -0.2) is 56.2 Å². The predicted octanol–water partition coefficient (Wildman–Crippen LogP) is 6.69. The first-order valence-corrected chi connectivity index (χ1v) is 16.7. The maximum atomic E-state index is 13.1. The van der Waals surface area contributed by atoms with E-state index in [0.29, 0.717) is 41.6 Å².